The van der Waals surface area contributed by atoms with E-state index in [2.05, 4.69) is 9.97 Å². The highest BCUT2D eigenvalue weighted by atomic mass is 16.3. The van der Waals surface area contributed by atoms with Gasteiger partial charge in [-0.3, -0.25) is 4.79 Å². The van der Waals surface area contributed by atoms with Gasteiger partial charge in [0.05, 0.1) is 0 Å². The molecule has 1 heterocycles. The molecule has 0 fully saturated rings. The minimum Gasteiger partial charge on any atom is -0.493 e. The summed E-state index contributed by atoms with van der Waals surface area (Å²) in [6, 6.07) is 15.8. The first-order valence-corrected chi connectivity index (χ1v) is 6.40. The van der Waals surface area contributed by atoms with Gasteiger partial charge in [0.2, 0.25) is 5.88 Å². The summed E-state index contributed by atoms with van der Waals surface area (Å²) in [4.78, 5) is 19.0. The maximum atomic E-state index is 12.2. The molecule has 5 heteroatoms. The van der Waals surface area contributed by atoms with Gasteiger partial charge in [-0.25, -0.2) is 0 Å². The van der Waals surface area contributed by atoms with E-state index in [1.165, 1.54) is 0 Å². The lowest BCUT2D eigenvalue weighted by atomic mass is 10.1. The molecule has 0 spiro atoms. The molecule has 0 aliphatic carbocycles. The fourth-order valence-corrected chi connectivity index (χ4v) is 2.10. The number of aromatic nitrogens is 2. The first-order chi connectivity index (χ1) is 10.1. The molecule has 3 aromatic rings. The largest absolute Gasteiger partial charge is 0.493 e. The van der Waals surface area contributed by atoms with E-state index in [0.717, 1.165) is 0 Å². The van der Waals surface area contributed by atoms with Crippen molar-refractivity contribution in [3.63, 3.8) is 0 Å². The Balaban J connectivity index is 2.13. The Kier molecular flexibility index (Phi) is 3.16. The molecule has 0 radical (unpaired) electrons. The average molecular weight is 279 g/mol. The summed E-state index contributed by atoms with van der Waals surface area (Å²) in [6.07, 6.45) is 0. The quantitative estimate of drug-likeness (QED) is 0.628. The number of aromatic amines is 1. The molecule has 0 aliphatic heterocycles. The summed E-state index contributed by atoms with van der Waals surface area (Å²) in [5.74, 6) is 0.00829. The van der Waals surface area contributed by atoms with Crippen LogP contribution in [0.1, 0.15) is 0 Å². The Morgan fingerprint density at radius 3 is 2.24 bits per heavy atom. The van der Waals surface area contributed by atoms with Gasteiger partial charge in [0.1, 0.15) is 11.4 Å². The number of hydrogen-bond donors (Lipinski definition) is 3. The SMILES string of the molecule is Nc1ccc(-c2nc(O)c(-c3ccccc3)c(=O)[nH]2)cc1. The van der Waals surface area contributed by atoms with Crippen molar-refractivity contribution in [2.45, 2.75) is 0 Å². The molecule has 0 amide bonds. The van der Waals surface area contributed by atoms with Gasteiger partial charge in [-0.1, -0.05) is 30.3 Å². The van der Waals surface area contributed by atoms with Crippen LogP contribution < -0.4 is 11.3 Å². The molecule has 0 saturated carbocycles. The van der Waals surface area contributed by atoms with Gasteiger partial charge in [-0.05, 0) is 29.8 Å². The van der Waals surface area contributed by atoms with Gasteiger partial charge in [-0.15, -0.1) is 0 Å². The average Bonchev–Trinajstić information content (AvgIpc) is 2.48. The maximum Gasteiger partial charge on any atom is 0.262 e. The topological polar surface area (TPSA) is 92.0 Å². The summed E-state index contributed by atoms with van der Waals surface area (Å²) >= 11 is 0. The first-order valence-electron chi connectivity index (χ1n) is 6.40. The second kappa shape index (κ2) is 5.13. The Labute approximate surface area is 120 Å². The van der Waals surface area contributed by atoms with Crippen molar-refractivity contribution in [1.82, 2.24) is 9.97 Å². The third-order valence-corrected chi connectivity index (χ3v) is 3.15. The zero-order chi connectivity index (χ0) is 14.8. The summed E-state index contributed by atoms with van der Waals surface area (Å²) in [5, 5.41) is 10.1. The van der Waals surface area contributed by atoms with Crippen LogP contribution in [0, 0.1) is 0 Å². The van der Waals surface area contributed by atoms with Crippen LogP contribution in [-0.4, -0.2) is 15.1 Å². The van der Waals surface area contributed by atoms with E-state index in [4.69, 9.17) is 5.73 Å². The van der Waals surface area contributed by atoms with Gasteiger partial charge in [-0.2, -0.15) is 4.98 Å². The highest BCUT2D eigenvalue weighted by Crippen LogP contribution is 2.25. The third kappa shape index (κ3) is 2.49. The smallest absolute Gasteiger partial charge is 0.262 e. The van der Waals surface area contributed by atoms with Crippen molar-refractivity contribution >= 4 is 5.69 Å². The standard InChI is InChI=1S/C16H13N3O2/c17-12-8-6-11(7-9-12)14-18-15(20)13(16(21)19-14)10-4-2-1-3-5-10/h1-9H,17H2,(H2,18,19,20,21). The maximum absolute atomic E-state index is 12.2. The van der Waals surface area contributed by atoms with Crippen LogP contribution >= 0.6 is 0 Å². The number of anilines is 1. The van der Waals surface area contributed by atoms with E-state index in [-0.39, 0.29) is 17.0 Å². The molecule has 0 atom stereocenters. The number of nitrogens with one attached hydrogen (secondary N) is 1. The number of rotatable bonds is 2. The molecule has 21 heavy (non-hydrogen) atoms. The molecular weight excluding hydrogens is 266 g/mol. The molecule has 0 bridgehead atoms. The molecule has 4 N–H and O–H groups in total. The summed E-state index contributed by atoms with van der Waals surface area (Å²) in [7, 11) is 0. The predicted octanol–water partition coefficient (Wildman–Crippen LogP) is 2.39. The molecule has 5 nitrogen and oxygen atoms in total. The number of H-pyrrole nitrogens is 1. The van der Waals surface area contributed by atoms with Crippen LogP contribution in [0.4, 0.5) is 5.69 Å². The molecule has 0 aliphatic rings. The van der Waals surface area contributed by atoms with E-state index in [9.17, 15) is 9.90 Å². The Morgan fingerprint density at radius 1 is 0.952 bits per heavy atom. The molecule has 0 unspecified atom stereocenters. The normalized spacial score (nSPS) is 10.5. The second-order valence-corrected chi connectivity index (χ2v) is 4.60. The van der Waals surface area contributed by atoms with Crippen molar-refractivity contribution < 1.29 is 5.11 Å². The van der Waals surface area contributed by atoms with E-state index >= 15 is 0 Å². The predicted molar refractivity (Wildman–Crippen MR) is 81.8 cm³/mol. The van der Waals surface area contributed by atoms with Crippen LogP contribution in [0.5, 0.6) is 5.88 Å². The van der Waals surface area contributed by atoms with Crippen molar-refractivity contribution in [2.24, 2.45) is 0 Å². The number of nitrogens with zero attached hydrogens (tertiary/aromatic N) is 1. The number of nitrogen functional groups attached to an aromatic ring is 1. The van der Waals surface area contributed by atoms with Crippen LogP contribution in [0.2, 0.25) is 0 Å². The fourth-order valence-electron chi connectivity index (χ4n) is 2.10. The molecule has 2 aromatic carbocycles. The van der Waals surface area contributed by atoms with Gasteiger partial charge < -0.3 is 15.8 Å². The van der Waals surface area contributed by atoms with Crippen LogP contribution in [0.15, 0.2) is 59.4 Å². The van der Waals surface area contributed by atoms with E-state index in [1.54, 1.807) is 48.5 Å². The van der Waals surface area contributed by atoms with Gasteiger partial charge >= 0.3 is 0 Å². The lowest BCUT2D eigenvalue weighted by Crippen LogP contribution is -2.12. The van der Waals surface area contributed by atoms with Crippen LogP contribution in [0.3, 0.4) is 0 Å². The van der Waals surface area contributed by atoms with Crippen LogP contribution in [0.25, 0.3) is 22.5 Å². The highest BCUT2D eigenvalue weighted by molar-refractivity contribution is 5.69. The van der Waals surface area contributed by atoms with Crippen molar-refractivity contribution in [3.05, 3.63) is 65.0 Å². The molecule has 1 aromatic heterocycles. The summed E-state index contributed by atoms with van der Waals surface area (Å²) < 4.78 is 0. The van der Waals surface area contributed by atoms with E-state index < -0.39 is 0 Å². The minimum atomic E-state index is -0.388. The summed E-state index contributed by atoms with van der Waals surface area (Å²) in [6.45, 7) is 0. The van der Waals surface area contributed by atoms with Crippen LogP contribution in [-0.2, 0) is 0 Å². The second-order valence-electron chi connectivity index (χ2n) is 4.60. The van der Waals surface area contributed by atoms with Gasteiger partial charge in [0.15, 0.2) is 0 Å². The molecule has 104 valence electrons. The molecule has 3 rings (SSSR count). The molecule has 0 saturated heterocycles. The minimum absolute atomic E-state index is 0.162. The van der Waals surface area contributed by atoms with Crippen molar-refractivity contribution in [1.29, 1.82) is 0 Å². The highest BCUT2D eigenvalue weighted by Gasteiger charge is 2.13. The first kappa shape index (κ1) is 12.9. The lowest BCUT2D eigenvalue weighted by molar-refractivity contribution is 0.454. The van der Waals surface area contributed by atoms with Crippen molar-refractivity contribution in [3.8, 4) is 28.4 Å². The Morgan fingerprint density at radius 2 is 1.62 bits per heavy atom. The van der Waals surface area contributed by atoms with Gasteiger partial charge in [0, 0.05) is 11.3 Å². The number of nitrogens with two attached hydrogens (primary N) is 1. The number of aromatic hydroxyl groups is 1. The lowest BCUT2D eigenvalue weighted by Gasteiger charge is -2.06. The van der Waals surface area contributed by atoms with Crippen molar-refractivity contribution in [2.75, 3.05) is 5.73 Å². The monoisotopic (exact) mass is 279 g/mol. The van der Waals surface area contributed by atoms with Gasteiger partial charge in [0.25, 0.3) is 5.56 Å². The van der Waals surface area contributed by atoms with E-state index in [0.29, 0.717) is 22.6 Å². The Hall–Kier alpha value is -3.08. The summed E-state index contributed by atoms with van der Waals surface area (Å²) in [5.41, 5.74) is 7.31. The fraction of sp³-hybridized carbons (Fsp3) is 0. The number of benzene rings is 2. The zero-order valence-corrected chi connectivity index (χ0v) is 11.1. The third-order valence-electron chi connectivity index (χ3n) is 3.15. The van der Waals surface area contributed by atoms with E-state index in [1.807, 2.05) is 6.07 Å². The zero-order valence-electron chi connectivity index (χ0n) is 11.1. The molecular formula is C16H13N3O2. The Bertz CT molecular complexity index is 824. The number of hydrogen-bond acceptors (Lipinski definition) is 4.